The van der Waals surface area contributed by atoms with Crippen LogP contribution in [-0.2, 0) is 4.74 Å². The fourth-order valence-electron chi connectivity index (χ4n) is 3.62. The predicted octanol–water partition coefficient (Wildman–Crippen LogP) is 1.19. The molecule has 1 atom stereocenters. The van der Waals surface area contributed by atoms with E-state index in [4.69, 9.17) is 16.3 Å². The summed E-state index contributed by atoms with van der Waals surface area (Å²) in [7, 11) is 1.35. The second-order valence-electron chi connectivity index (χ2n) is 8.16. The fourth-order valence-corrected chi connectivity index (χ4v) is 3.82. The van der Waals surface area contributed by atoms with Crippen molar-refractivity contribution in [3.8, 4) is 34.1 Å². The highest BCUT2D eigenvalue weighted by atomic mass is 35.5. The maximum atomic E-state index is 11.4. The molecule has 3 rings (SSSR count). The summed E-state index contributed by atoms with van der Waals surface area (Å²) in [5.41, 5.74) is -1.52. The van der Waals surface area contributed by atoms with Crippen molar-refractivity contribution in [2.24, 2.45) is 0 Å². The van der Waals surface area contributed by atoms with Gasteiger partial charge in [-0.15, -0.1) is 0 Å². The van der Waals surface area contributed by atoms with Gasteiger partial charge in [0.2, 0.25) is 5.75 Å². The van der Waals surface area contributed by atoms with Gasteiger partial charge in [-0.2, -0.15) is 0 Å². The van der Waals surface area contributed by atoms with E-state index in [0.717, 1.165) is 6.07 Å². The highest BCUT2D eigenvalue weighted by molar-refractivity contribution is 6.30. The second-order valence-corrected chi connectivity index (χ2v) is 8.60. The number of halogens is 1. The first-order chi connectivity index (χ1) is 17.7. The molecule has 0 aromatic heterocycles. The molecule has 0 amide bonds. The largest absolute Gasteiger partial charge is 0.506 e. The lowest BCUT2D eigenvalue weighted by molar-refractivity contribution is -0.357. The minimum absolute atomic E-state index is 0.159. The van der Waals surface area contributed by atoms with Crippen LogP contribution in [-0.4, -0.2) is 77.4 Å². The molecule has 38 heavy (non-hydrogen) atoms. The smallest absolute Gasteiger partial charge is 0.343 e. The molecule has 0 bridgehead atoms. The van der Waals surface area contributed by atoms with E-state index in [2.05, 4.69) is 10.6 Å². The Hall–Kier alpha value is -3.82. The number of aromatic hydroxyl groups is 4. The third kappa shape index (κ3) is 5.69. The van der Waals surface area contributed by atoms with Crippen molar-refractivity contribution in [3.05, 3.63) is 64.7 Å². The number of benzene rings is 3. The first-order valence-electron chi connectivity index (χ1n) is 10.7. The van der Waals surface area contributed by atoms with Crippen LogP contribution in [0.5, 0.6) is 23.0 Å². The summed E-state index contributed by atoms with van der Waals surface area (Å²) < 4.78 is 5.29. The van der Waals surface area contributed by atoms with Gasteiger partial charge in [-0.05, 0) is 35.4 Å². The number of anilines is 1. The van der Waals surface area contributed by atoms with Crippen molar-refractivity contribution in [1.29, 1.82) is 0 Å². The molecule has 0 aliphatic rings. The summed E-state index contributed by atoms with van der Waals surface area (Å²) >= 11 is 5.96. The quantitative estimate of drug-likeness (QED) is 0.0964. The maximum Gasteiger partial charge on any atom is 0.343 e. The van der Waals surface area contributed by atoms with Gasteiger partial charge in [-0.25, -0.2) is 4.79 Å². The lowest BCUT2D eigenvalue weighted by Gasteiger charge is -2.36. The Morgan fingerprint density at radius 3 is 2.18 bits per heavy atom. The van der Waals surface area contributed by atoms with Crippen molar-refractivity contribution >= 4 is 23.3 Å². The number of ether oxygens (including phenoxy) is 1. The van der Waals surface area contributed by atoms with E-state index in [9.17, 15) is 50.8 Å². The molecule has 1 unspecified atom stereocenters. The Balaban J connectivity index is 1.87. The van der Waals surface area contributed by atoms with E-state index in [-0.39, 0.29) is 17.8 Å². The Kier molecular flexibility index (Phi) is 8.24. The van der Waals surface area contributed by atoms with E-state index >= 15 is 0 Å². The monoisotopic (exact) mass is 552 g/mol. The Bertz CT molecular complexity index is 1350. The molecule has 0 aliphatic carbocycles. The molecule has 3 aromatic carbocycles. The first kappa shape index (κ1) is 28.7. The van der Waals surface area contributed by atoms with E-state index in [1.54, 1.807) is 24.3 Å². The van der Waals surface area contributed by atoms with Gasteiger partial charge in [-0.3, -0.25) is 5.32 Å². The van der Waals surface area contributed by atoms with Crippen molar-refractivity contribution in [1.82, 2.24) is 5.32 Å². The number of hydrogen-bond donors (Lipinski definition) is 11. The maximum absolute atomic E-state index is 11.4. The summed E-state index contributed by atoms with van der Waals surface area (Å²) in [4.78, 5) is 11.4. The summed E-state index contributed by atoms with van der Waals surface area (Å²) in [6.07, 6.45) is -0.775. The van der Waals surface area contributed by atoms with Crippen molar-refractivity contribution in [2.75, 3.05) is 19.0 Å². The number of hydrogen-bond acceptors (Lipinski definition) is 12. The van der Waals surface area contributed by atoms with Gasteiger partial charge < -0.3 is 56.0 Å². The lowest BCUT2D eigenvalue weighted by Crippen LogP contribution is -2.67. The van der Waals surface area contributed by atoms with E-state index in [1.807, 2.05) is 0 Å². The SMILES string of the molecule is COC(CNC(O)(O)C(O)(O)Nc1cccc(-c2c(O)c(O)c(O)c(C(=O)O)c2O)c1)c1cccc(Cl)c1. The van der Waals surface area contributed by atoms with E-state index in [1.165, 1.54) is 25.3 Å². The highest BCUT2D eigenvalue weighted by Crippen LogP contribution is 2.51. The number of aliphatic hydroxyl groups is 4. The number of carbonyl (C=O) groups is 1. The second kappa shape index (κ2) is 10.9. The molecule has 0 aliphatic heterocycles. The zero-order valence-corrected chi connectivity index (χ0v) is 20.4. The number of aromatic carboxylic acids is 1. The fraction of sp³-hybridized carbons (Fsp3) is 0.208. The number of methoxy groups -OCH3 is 1. The molecule has 13 nitrogen and oxygen atoms in total. The molecule has 11 N–H and O–H groups in total. The molecule has 0 spiro atoms. The van der Waals surface area contributed by atoms with Crippen LogP contribution in [0.3, 0.4) is 0 Å². The molecule has 204 valence electrons. The standard InChI is InChI=1S/C24H25ClN2O11/c1-38-15(11-4-2-6-13(25)8-11)10-26-23(34,35)24(36,37)27-14-7-3-5-12(9-14)16-18(28)17(22(32)33)20(30)21(31)19(16)29/h2-9,15,26-31,34-37H,10H2,1H3,(H,32,33). The number of rotatable bonds is 10. The van der Waals surface area contributed by atoms with Gasteiger partial charge in [0.15, 0.2) is 11.5 Å². The van der Waals surface area contributed by atoms with Crippen LogP contribution in [0.25, 0.3) is 11.1 Å². The van der Waals surface area contributed by atoms with Crippen LogP contribution in [0, 0.1) is 0 Å². The Morgan fingerprint density at radius 1 is 0.921 bits per heavy atom. The summed E-state index contributed by atoms with van der Waals surface area (Å²) in [5.74, 6) is -13.3. The van der Waals surface area contributed by atoms with Gasteiger partial charge in [0, 0.05) is 24.4 Å². The number of nitrogens with one attached hydrogen (secondary N) is 2. The zero-order valence-electron chi connectivity index (χ0n) is 19.6. The molecule has 0 radical (unpaired) electrons. The minimum Gasteiger partial charge on any atom is -0.506 e. The molecule has 3 aromatic rings. The molecule has 0 fully saturated rings. The van der Waals surface area contributed by atoms with Gasteiger partial charge in [-0.1, -0.05) is 35.9 Å². The number of carboxylic acid groups (broad SMARTS) is 1. The van der Waals surface area contributed by atoms with Crippen molar-refractivity contribution < 1.29 is 55.5 Å². The zero-order chi connectivity index (χ0) is 28.4. The van der Waals surface area contributed by atoms with Crippen molar-refractivity contribution in [3.63, 3.8) is 0 Å². The Morgan fingerprint density at radius 2 is 1.58 bits per heavy atom. The first-order valence-corrected chi connectivity index (χ1v) is 11.1. The van der Waals surface area contributed by atoms with E-state index < -0.39 is 58.0 Å². The van der Waals surface area contributed by atoms with Crippen LogP contribution >= 0.6 is 11.6 Å². The van der Waals surface area contributed by atoms with Crippen LogP contribution in [0.1, 0.15) is 22.0 Å². The van der Waals surface area contributed by atoms with Crippen molar-refractivity contribution in [2.45, 2.75) is 17.9 Å². The summed E-state index contributed by atoms with van der Waals surface area (Å²) in [5, 5.41) is 95.8. The topological polar surface area (TPSA) is 232 Å². The minimum atomic E-state index is -3.45. The van der Waals surface area contributed by atoms with Crippen LogP contribution in [0.4, 0.5) is 5.69 Å². The van der Waals surface area contributed by atoms with Crippen LogP contribution in [0.15, 0.2) is 48.5 Å². The molecular formula is C24H25ClN2O11. The van der Waals surface area contributed by atoms with Gasteiger partial charge in [0.05, 0.1) is 11.7 Å². The average Bonchev–Trinajstić information content (AvgIpc) is 2.83. The molecule has 0 saturated carbocycles. The van der Waals surface area contributed by atoms with Crippen LogP contribution in [0.2, 0.25) is 5.02 Å². The van der Waals surface area contributed by atoms with Crippen LogP contribution < -0.4 is 10.6 Å². The van der Waals surface area contributed by atoms with Gasteiger partial charge >= 0.3 is 17.8 Å². The molecule has 0 saturated heterocycles. The summed E-state index contributed by atoms with van der Waals surface area (Å²) in [6.45, 7) is -0.319. The number of phenols is 4. The summed E-state index contributed by atoms with van der Waals surface area (Å²) in [6, 6.07) is 11.3. The molecular weight excluding hydrogens is 528 g/mol. The van der Waals surface area contributed by atoms with Gasteiger partial charge in [0.25, 0.3) is 0 Å². The molecule has 0 heterocycles. The average molecular weight is 553 g/mol. The third-order valence-corrected chi connectivity index (χ3v) is 5.84. The normalized spacial score (nSPS) is 12.8. The predicted molar refractivity (Wildman–Crippen MR) is 133 cm³/mol. The number of carboxylic acids is 1. The lowest BCUT2D eigenvalue weighted by atomic mass is 9.98. The Labute approximate surface area is 220 Å². The third-order valence-electron chi connectivity index (χ3n) is 5.60. The highest BCUT2D eigenvalue weighted by Gasteiger charge is 2.48. The molecule has 14 heteroatoms. The van der Waals surface area contributed by atoms with E-state index in [0.29, 0.717) is 10.6 Å². The number of phenolic OH excluding ortho intramolecular Hbond substituents is 2. The van der Waals surface area contributed by atoms with Gasteiger partial charge in [0.1, 0.15) is 11.3 Å².